The zero-order valence-corrected chi connectivity index (χ0v) is 13.8. The van der Waals surface area contributed by atoms with Crippen molar-refractivity contribution in [2.24, 2.45) is 5.92 Å². The van der Waals surface area contributed by atoms with E-state index < -0.39 is 12.1 Å². The topological polar surface area (TPSA) is 101 Å². The molecule has 130 valence electrons. The number of imidazole rings is 1. The van der Waals surface area contributed by atoms with E-state index in [0.29, 0.717) is 42.8 Å². The largest absolute Gasteiger partial charge is 0.465 e. The van der Waals surface area contributed by atoms with Gasteiger partial charge in [0.2, 0.25) is 5.95 Å². The Morgan fingerprint density at radius 1 is 1.50 bits per heavy atom. The van der Waals surface area contributed by atoms with Gasteiger partial charge in [0.25, 0.3) is 0 Å². The lowest BCUT2D eigenvalue weighted by Gasteiger charge is -2.35. The molecule has 0 aliphatic carbocycles. The van der Waals surface area contributed by atoms with Crippen LogP contribution < -0.4 is 4.90 Å². The molecule has 0 aromatic carbocycles. The number of aromatic nitrogens is 3. The number of aryl methyl sites for hydroxylation is 1. The van der Waals surface area contributed by atoms with Crippen LogP contribution in [0.15, 0.2) is 12.3 Å². The summed E-state index contributed by atoms with van der Waals surface area (Å²) in [5, 5.41) is 19.5. The molecule has 2 N–H and O–H groups in total. The smallest absolute Gasteiger partial charge is 0.339 e. The summed E-state index contributed by atoms with van der Waals surface area (Å²) in [5.41, 5.74) is 1.67. The molecule has 0 bridgehead atoms. The quantitative estimate of drug-likeness (QED) is 0.781. The van der Waals surface area contributed by atoms with Crippen LogP contribution in [0.1, 0.15) is 23.7 Å². The number of hydrogen-bond acceptors (Lipinski definition) is 7. The second-order valence-corrected chi connectivity index (χ2v) is 5.96. The number of anilines is 1. The van der Waals surface area contributed by atoms with Crippen LogP contribution in [0.5, 0.6) is 0 Å². The molecular formula is C16H22N4O4. The number of β-amino-alcohol motifs (C(OH)–C–C–N with tert-alkyl or cyclic N) is 1. The number of methoxy groups -OCH3 is 1. The molecule has 0 saturated carbocycles. The number of rotatable bonds is 4. The Balaban J connectivity index is 1.97. The van der Waals surface area contributed by atoms with Crippen LogP contribution >= 0.6 is 0 Å². The molecule has 24 heavy (non-hydrogen) atoms. The maximum atomic E-state index is 11.7. The first-order valence-electron chi connectivity index (χ1n) is 8.07. The number of ether oxygens (including phenoxy) is 1. The average molecular weight is 334 g/mol. The van der Waals surface area contributed by atoms with E-state index in [-0.39, 0.29) is 12.5 Å². The molecule has 0 amide bonds. The van der Waals surface area contributed by atoms with Crippen molar-refractivity contribution in [1.82, 2.24) is 14.5 Å². The highest BCUT2D eigenvalue weighted by molar-refractivity contribution is 5.92. The van der Waals surface area contributed by atoms with Gasteiger partial charge in [-0.3, -0.25) is 4.57 Å². The van der Waals surface area contributed by atoms with E-state index in [4.69, 9.17) is 4.74 Å². The number of esters is 1. The van der Waals surface area contributed by atoms with Crippen LogP contribution in [-0.4, -0.2) is 63.6 Å². The molecule has 0 unspecified atom stereocenters. The van der Waals surface area contributed by atoms with Crippen LogP contribution in [-0.2, 0) is 11.3 Å². The monoisotopic (exact) mass is 334 g/mol. The molecular weight excluding hydrogens is 312 g/mol. The Hall–Kier alpha value is -2.19. The van der Waals surface area contributed by atoms with Crippen LogP contribution in [0.3, 0.4) is 0 Å². The first-order chi connectivity index (χ1) is 11.6. The Morgan fingerprint density at radius 3 is 2.92 bits per heavy atom. The summed E-state index contributed by atoms with van der Waals surface area (Å²) < 4.78 is 6.68. The van der Waals surface area contributed by atoms with Crippen molar-refractivity contribution in [2.45, 2.75) is 26.0 Å². The SMILES string of the molecule is CCn1c(N2CC[C@@H](CO)[C@H](O)C2)nc2cc(C(=O)OC)cnc21. The molecule has 1 aliphatic heterocycles. The third-order valence-corrected chi connectivity index (χ3v) is 4.54. The Bertz CT molecular complexity index is 745. The number of piperidine rings is 1. The second kappa shape index (κ2) is 6.74. The van der Waals surface area contributed by atoms with Gasteiger partial charge in [0, 0.05) is 38.4 Å². The van der Waals surface area contributed by atoms with E-state index in [1.165, 1.54) is 13.3 Å². The van der Waals surface area contributed by atoms with E-state index in [1.54, 1.807) is 6.07 Å². The lowest BCUT2D eigenvalue weighted by Crippen LogP contribution is -2.46. The number of nitrogens with zero attached hydrogens (tertiary/aromatic N) is 4. The predicted octanol–water partition coefficient (Wildman–Crippen LogP) is 0.417. The lowest BCUT2D eigenvalue weighted by molar-refractivity contribution is 0.0542. The first-order valence-corrected chi connectivity index (χ1v) is 8.07. The predicted molar refractivity (Wildman–Crippen MR) is 88.0 cm³/mol. The molecule has 0 spiro atoms. The number of carbonyl (C=O) groups excluding carboxylic acids is 1. The molecule has 8 heteroatoms. The minimum atomic E-state index is -0.590. The van der Waals surface area contributed by atoms with Gasteiger partial charge in [0.05, 0.1) is 18.8 Å². The van der Waals surface area contributed by atoms with Crippen LogP contribution in [0, 0.1) is 5.92 Å². The third-order valence-electron chi connectivity index (χ3n) is 4.54. The number of pyridine rings is 1. The van der Waals surface area contributed by atoms with Gasteiger partial charge in [-0.1, -0.05) is 0 Å². The highest BCUT2D eigenvalue weighted by Crippen LogP contribution is 2.26. The standard InChI is InChI=1S/C16H22N4O4/c1-3-20-14-12(6-11(7-17-14)15(23)24-2)18-16(20)19-5-4-10(9-21)13(22)8-19/h6-7,10,13,21-22H,3-5,8-9H2,1-2H3/t10-,13+/m0/s1. The van der Waals surface area contributed by atoms with Crippen LogP contribution in [0.25, 0.3) is 11.2 Å². The van der Waals surface area contributed by atoms with Gasteiger partial charge < -0.3 is 19.8 Å². The molecule has 1 fully saturated rings. The van der Waals surface area contributed by atoms with E-state index >= 15 is 0 Å². The van der Waals surface area contributed by atoms with Gasteiger partial charge >= 0.3 is 5.97 Å². The van der Waals surface area contributed by atoms with E-state index in [1.807, 2.05) is 16.4 Å². The number of hydrogen-bond donors (Lipinski definition) is 2. The van der Waals surface area contributed by atoms with Gasteiger partial charge in [-0.2, -0.15) is 0 Å². The average Bonchev–Trinajstić information content (AvgIpc) is 2.98. The van der Waals surface area contributed by atoms with Gasteiger partial charge in [-0.15, -0.1) is 0 Å². The minimum absolute atomic E-state index is 0.0107. The fourth-order valence-corrected chi connectivity index (χ4v) is 3.14. The minimum Gasteiger partial charge on any atom is -0.465 e. The Kier molecular flexibility index (Phi) is 4.68. The molecule has 2 aromatic rings. The summed E-state index contributed by atoms with van der Waals surface area (Å²) in [7, 11) is 1.33. The molecule has 8 nitrogen and oxygen atoms in total. The Labute approximate surface area is 139 Å². The molecule has 0 radical (unpaired) electrons. The maximum absolute atomic E-state index is 11.7. The molecule has 3 rings (SSSR count). The van der Waals surface area contributed by atoms with Crippen LogP contribution in [0.4, 0.5) is 5.95 Å². The number of aliphatic hydroxyl groups excluding tert-OH is 2. The van der Waals surface area contributed by atoms with Crippen LogP contribution in [0.2, 0.25) is 0 Å². The van der Waals surface area contributed by atoms with Crippen molar-refractivity contribution in [3.8, 4) is 0 Å². The van der Waals surface area contributed by atoms with Crippen molar-refractivity contribution in [3.63, 3.8) is 0 Å². The van der Waals surface area contributed by atoms with Crippen molar-refractivity contribution in [1.29, 1.82) is 0 Å². The van der Waals surface area contributed by atoms with Crippen molar-refractivity contribution < 1.29 is 19.7 Å². The highest BCUT2D eigenvalue weighted by Gasteiger charge is 2.30. The summed E-state index contributed by atoms with van der Waals surface area (Å²) in [4.78, 5) is 22.6. The second-order valence-electron chi connectivity index (χ2n) is 5.96. The van der Waals surface area contributed by atoms with Gasteiger partial charge in [0.15, 0.2) is 5.65 Å². The number of carbonyl (C=O) groups is 1. The zero-order chi connectivity index (χ0) is 17.3. The van der Waals surface area contributed by atoms with Crippen molar-refractivity contribution >= 4 is 23.1 Å². The van der Waals surface area contributed by atoms with E-state index in [2.05, 4.69) is 9.97 Å². The lowest BCUT2D eigenvalue weighted by atomic mass is 9.95. The van der Waals surface area contributed by atoms with Gasteiger partial charge in [-0.05, 0) is 19.4 Å². The van der Waals surface area contributed by atoms with Gasteiger partial charge in [0.1, 0.15) is 5.52 Å². The molecule has 1 aliphatic rings. The molecule has 2 aromatic heterocycles. The summed E-state index contributed by atoms with van der Waals surface area (Å²) in [6, 6.07) is 1.67. The first kappa shape index (κ1) is 16.7. The number of aliphatic hydroxyl groups is 2. The summed E-state index contributed by atoms with van der Waals surface area (Å²) in [6.45, 7) is 3.78. The molecule has 2 atom stereocenters. The van der Waals surface area contributed by atoms with E-state index in [9.17, 15) is 15.0 Å². The normalized spacial score (nSPS) is 21.2. The molecule has 1 saturated heterocycles. The highest BCUT2D eigenvalue weighted by atomic mass is 16.5. The summed E-state index contributed by atoms with van der Waals surface area (Å²) in [6.07, 6.45) is 1.59. The molecule has 3 heterocycles. The van der Waals surface area contributed by atoms with Crippen molar-refractivity contribution in [2.75, 3.05) is 31.7 Å². The maximum Gasteiger partial charge on any atom is 0.339 e. The summed E-state index contributed by atoms with van der Waals surface area (Å²) in [5.74, 6) is 0.179. The van der Waals surface area contributed by atoms with Crippen molar-refractivity contribution in [3.05, 3.63) is 17.8 Å². The van der Waals surface area contributed by atoms with Gasteiger partial charge in [-0.25, -0.2) is 14.8 Å². The fourth-order valence-electron chi connectivity index (χ4n) is 3.14. The summed E-state index contributed by atoms with van der Waals surface area (Å²) >= 11 is 0. The van der Waals surface area contributed by atoms with E-state index in [0.717, 1.165) is 5.95 Å². The third kappa shape index (κ3) is 2.83. The number of fused-ring (bicyclic) bond motifs is 1. The Morgan fingerprint density at radius 2 is 2.29 bits per heavy atom. The zero-order valence-electron chi connectivity index (χ0n) is 13.8. The fraction of sp³-hybridized carbons (Fsp3) is 0.562.